The maximum atomic E-state index is 16.5. The normalized spacial score (nSPS) is 21.9. The van der Waals surface area contributed by atoms with Crippen LogP contribution in [-0.4, -0.2) is 15.0 Å². The summed E-state index contributed by atoms with van der Waals surface area (Å²) in [5.41, 5.74) is 13.4. The Morgan fingerprint density at radius 3 is 1.16 bits per heavy atom. The maximum Gasteiger partial charge on any atom is 0.135 e. The van der Waals surface area contributed by atoms with Gasteiger partial charge in [-0.3, -0.25) is 15.0 Å². The van der Waals surface area contributed by atoms with Crippen molar-refractivity contribution in [2.45, 2.75) is 98.7 Å². The molecular formula is C73H57F6N3. The van der Waals surface area contributed by atoms with Crippen LogP contribution in [0, 0.1) is 34.9 Å². The summed E-state index contributed by atoms with van der Waals surface area (Å²) in [6, 6.07) is 54.5. The second-order valence-electron chi connectivity index (χ2n) is 23.4. The summed E-state index contributed by atoms with van der Waals surface area (Å²) in [4.78, 5) is 14.9. The average Bonchev–Trinajstić information content (AvgIpc) is 2.67. The van der Waals surface area contributed by atoms with Crippen LogP contribution in [0.2, 0.25) is 0 Å². The molecule has 0 spiro atoms. The van der Waals surface area contributed by atoms with Crippen LogP contribution >= 0.6 is 0 Å². The Bertz CT molecular complexity index is 3900. The van der Waals surface area contributed by atoms with E-state index in [1.54, 1.807) is 18.2 Å². The molecule has 406 valence electrons. The molecule has 3 aromatic heterocycles. The molecule has 4 saturated carbocycles. The van der Waals surface area contributed by atoms with Crippen molar-refractivity contribution in [2.24, 2.45) is 0 Å². The van der Waals surface area contributed by atoms with Crippen molar-refractivity contribution in [3.8, 4) is 78.3 Å². The van der Waals surface area contributed by atoms with Crippen LogP contribution in [0.15, 0.2) is 201 Å². The molecule has 0 atom stereocenters. The number of hydrogen-bond donors (Lipinski definition) is 0. The Morgan fingerprint density at radius 1 is 0.256 bits per heavy atom. The van der Waals surface area contributed by atoms with Crippen molar-refractivity contribution >= 4 is 0 Å². The van der Waals surface area contributed by atoms with Crippen LogP contribution in [0.5, 0.6) is 0 Å². The minimum atomic E-state index is -0.661. The SMILES string of the molecule is Fc1ccc(-c2cc(-c3ccc(-c4ccccc4)cc3)c(-c3ccc(F)cc3-c3cc(C45CCCC4(c4ccc(-c6ccc(F)cc6F)nc4)CCC5)cc(C45CCCC4(c4ccc(-c6ccc(F)cc6F)nc4)CCC5)c3)cn2)cc1. The van der Waals surface area contributed by atoms with Crippen molar-refractivity contribution in [1.82, 2.24) is 15.0 Å². The van der Waals surface area contributed by atoms with Gasteiger partial charge in [0, 0.05) is 74.6 Å². The Kier molecular flexibility index (Phi) is 12.8. The first-order valence-corrected chi connectivity index (χ1v) is 28.7. The fourth-order valence-electron chi connectivity index (χ4n) is 16.0. The molecule has 3 heterocycles. The maximum absolute atomic E-state index is 16.5. The number of nitrogens with zero attached hydrogens (tertiary/aromatic N) is 3. The highest BCUT2D eigenvalue weighted by molar-refractivity contribution is 5.93. The van der Waals surface area contributed by atoms with Crippen molar-refractivity contribution in [3.05, 3.63) is 258 Å². The average molecular weight is 1090 g/mol. The number of rotatable bonds is 11. The molecule has 0 N–H and O–H groups in total. The molecule has 0 unspecified atom stereocenters. The van der Waals surface area contributed by atoms with Gasteiger partial charge in [-0.05, 0) is 191 Å². The lowest BCUT2D eigenvalue weighted by molar-refractivity contribution is 0.292. The first kappa shape index (κ1) is 51.7. The molecule has 4 aliphatic rings. The van der Waals surface area contributed by atoms with Gasteiger partial charge in [0.15, 0.2) is 0 Å². The highest BCUT2D eigenvalue weighted by Gasteiger charge is 2.62. The highest BCUT2D eigenvalue weighted by Crippen LogP contribution is 2.68. The van der Waals surface area contributed by atoms with Crippen LogP contribution in [0.3, 0.4) is 0 Å². The molecular weight excluding hydrogens is 1030 g/mol. The zero-order chi connectivity index (χ0) is 55.8. The Balaban J connectivity index is 0.959. The second kappa shape index (κ2) is 20.2. The summed E-state index contributed by atoms with van der Waals surface area (Å²) in [7, 11) is 0. The van der Waals surface area contributed by atoms with E-state index >= 15 is 13.2 Å². The molecule has 14 rings (SSSR count). The van der Waals surface area contributed by atoms with Crippen molar-refractivity contribution in [2.75, 3.05) is 0 Å². The molecule has 4 aliphatic carbocycles. The van der Waals surface area contributed by atoms with Gasteiger partial charge in [-0.25, -0.2) is 26.3 Å². The van der Waals surface area contributed by atoms with E-state index < -0.39 is 23.3 Å². The van der Waals surface area contributed by atoms with E-state index in [2.05, 4.69) is 72.8 Å². The fraction of sp³-hybridized carbons (Fsp3) is 0.219. The highest BCUT2D eigenvalue weighted by atomic mass is 19.2. The van der Waals surface area contributed by atoms with Gasteiger partial charge in [-0.1, -0.05) is 117 Å². The van der Waals surface area contributed by atoms with Crippen LogP contribution in [0.1, 0.15) is 99.3 Å². The van der Waals surface area contributed by atoms with Gasteiger partial charge in [0.1, 0.15) is 34.9 Å². The summed E-state index contributed by atoms with van der Waals surface area (Å²) in [6.45, 7) is 0. The Labute approximate surface area is 473 Å². The third kappa shape index (κ3) is 8.43. The summed E-state index contributed by atoms with van der Waals surface area (Å²) < 4.78 is 89.5. The molecule has 0 amide bonds. The van der Waals surface area contributed by atoms with Gasteiger partial charge in [-0.15, -0.1) is 0 Å². The van der Waals surface area contributed by atoms with E-state index in [-0.39, 0.29) is 44.4 Å². The number of pyridine rings is 3. The Morgan fingerprint density at radius 2 is 0.671 bits per heavy atom. The van der Waals surface area contributed by atoms with Gasteiger partial charge >= 0.3 is 0 Å². The van der Waals surface area contributed by atoms with Gasteiger partial charge in [0.2, 0.25) is 0 Å². The lowest BCUT2D eigenvalue weighted by Gasteiger charge is -2.45. The van der Waals surface area contributed by atoms with Gasteiger partial charge < -0.3 is 0 Å². The van der Waals surface area contributed by atoms with Crippen molar-refractivity contribution in [1.29, 1.82) is 0 Å². The van der Waals surface area contributed by atoms with E-state index in [0.29, 0.717) is 17.1 Å². The standard InChI is InChI=1S/C73H57F6N3/c74-55-18-14-49(15-19-55)69-42-63(48-12-10-47(11-13-48)46-8-2-1-3-9-46)64(45-82-69)59-23-20-56(75)39-62(59)50-36-53(72-32-4-28-70(72,29-5-33-72)51-16-26-67(80-43-51)60-24-21-57(76)40-65(60)78)38-54(37-50)73-34-6-30-71(73,31-7-35-73)52-17-27-68(81-44-52)61-25-22-58(77)41-66(61)79/h1-3,8-27,36-45H,4-7,28-35H2. The van der Waals surface area contributed by atoms with E-state index in [0.717, 1.165) is 150 Å². The summed E-state index contributed by atoms with van der Waals surface area (Å²) in [6.07, 6.45) is 17.1. The first-order chi connectivity index (χ1) is 39.9. The number of aromatic nitrogens is 3. The van der Waals surface area contributed by atoms with Crippen LogP contribution in [0.4, 0.5) is 26.3 Å². The first-order valence-electron chi connectivity index (χ1n) is 28.7. The van der Waals surface area contributed by atoms with Crippen LogP contribution < -0.4 is 0 Å². The van der Waals surface area contributed by atoms with E-state index in [4.69, 9.17) is 15.0 Å². The molecule has 0 saturated heterocycles. The number of hydrogen-bond acceptors (Lipinski definition) is 3. The minimum absolute atomic E-state index is 0.244. The van der Waals surface area contributed by atoms with Crippen molar-refractivity contribution in [3.63, 3.8) is 0 Å². The fourth-order valence-corrected chi connectivity index (χ4v) is 16.0. The second-order valence-corrected chi connectivity index (χ2v) is 23.4. The quantitative estimate of drug-likeness (QED) is 0.121. The van der Waals surface area contributed by atoms with Crippen LogP contribution in [-0.2, 0) is 21.7 Å². The van der Waals surface area contributed by atoms with Crippen molar-refractivity contribution < 1.29 is 26.3 Å². The Hall–Kier alpha value is -8.43. The monoisotopic (exact) mass is 1090 g/mol. The topological polar surface area (TPSA) is 38.7 Å². The molecule has 7 aromatic carbocycles. The molecule has 10 aromatic rings. The number of benzene rings is 7. The number of halogens is 6. The third-order valence-corrected chi connectivity index (χ3v) is 19.7. The molecule has 82 heavy (non-hydrogen) atoms. The summed E-state index contributed by atoms with van der Waals surface area (Å²) >= 11 is 0. The van der Waals surface area contributed by atoms with Gasteiger partial charge in [-0.2, -0.15) is 0 Å². The summed E-state index contributed by atoms with van der Waals surface area (Å²) in [5, 5.41) is 0. The van der Waals surface area contributed by atoms with Gasteiger partial charge in [0.05, 0.1) is 17.1 Å². The molecule has 3 nitrogen and oxygen atoms in total. The lowest BCUT2D eigenvalue weighted by Crippen LogP contribution is -2.42. The lowest BCUT2D eigenvalue weighted by atomic mass is 9.58. The summed E-state index contributed by atoms with van der Waals surface area (Å²) in [5.74, 6) is -3.31. The minimum Gasteiger partial charge on any atom is -0.256 e. The predicted octanol–water partition coefficient (Wildman–Crippen LogP) is 19.5. The number of fused-ring (bicyclic) bond motifs is 2. The molecule has 9 heteroatoms. The predicted molar refractivity (Wildman–Crippen MR) is 313 cm³/mol. The largest absolute Gasteiger partial charge is 0.256 e. The van der Waals surface area contributed by atoms with Gasteiger partial charge in [0.25, 0.3) is 0 Å². The third-order valence-electron chi connectivity index (χ3n) is 19.7. The smallest absolute Gasteiger partial charge is 0.135 e. The zero-order valence-corrected chi connectivity index (χ0v) is 45.1. The van der Waals surface area contributed by atoms with E-state index in [9.17, 15) is 13.2 Å². The van der Waals surface area contributed by atoms with E-state index in [1.807, 2.05) is 55.0 Å². The molecule has 0 bridgehead atoms. The molecule has 0 radical (unpaired) electrons. The zero-order valence-electron chi connectivity index (χ0n) is 45.1. The van der Waals surface area contributed by atoms with E-state index in [1.165, 1.54) is 53.6 Å². The molecule has 0 aliphatic heterocycles. The molecule has 4 fully saturated rings. The van der Waals surface area contributed by atoms with Crippen LogP contribution in [0.25, 0.3) is 78.3 Å².